The zero-order chi connectivity index (χ0) is 12.8. The summed E-state index contributed by atoms with van der Waals surface area (Å²) in [5, 5.41) is 2.93. The second kappa shape index (κ2) is 6.12. The first-order valence-electron chi connectivity index (χ1n) is 5.26. The highest BCUT2D eigenvalue weighted by Crippen LogP contribution is 2.15. The summed E-state index contributed by atoms with van der Waals surface area (Å²) in [6, 6.07) is 1.13. The summed E-state index contributed by atoms with van der Waals surface area (Å²) in [6.07, 6.45) is 8.28. The van der Waals surface area contributed by atoms with E-state index in [0.29, 0.717) is 5.56 Å². The van der Waals surface area contributed by atoms with Crippen molar-refractivity contribution < 1.29 is 4.79 Å². The molecule has 0 spiro atoms. The van der Waals surface area contributed by atoms with E-state index in [1.807, 2.05) is 6.92 Å². The van der Waals surface area contributed by atoms with Gasteiger partial charge in [0.15, 0.2) is 0 Å². The van der Waals surface area contributed by atoms with Gasteiger partial charge >= 0.3 is 0 Å². The van der Waals surface area contributed by atoms with Crippen LogP contribution in [-0.4, -0.2) is 16.9 Å². The lowest BCUT2D eigenvalue weighted by molar-refractivity contribution is 0.0945. The number of anilines is 1. The maximum Gasteiger partial charge on any atom is 0.254 e. The van der Waals surface area contributed by atoms with E-state index in [9.17, 15) is 4.79 Å². The lowest BCUT2D eigenvalue weighted by Crippen LogP contribution is -2.34. The zero-order valence-electron chi connectivity index (χ0n) is 9.53. The minimum Gasteiger partial charge on any atom is -0.397 e. The number of nitrogen functional groups attached to an aromatic ring is 1. The Hall–Kier alpha value is -1.73. The Bertz CT molecular complexity index is 454. The number of pyridine rings is 1. The number of terminal acetylenes is 1. The third-order valence-electron chi connectivity index (χ3n) is 2.23. The summed E-state index contributed by atoms with van der Waals surface area (Å²) in [6.45, 7) is 1.99. The number of rotatable bonds is 4. The molecule has 0 saturated heterocycles. The van der Waals surface area contributed by atoms with Gasteiger partial charge in [0.05, 0.1) is 23.5 Å². The summed E-state index contributed by atoms with van der Waals surface area (Å²) < 4.78 is 0. The fourth-order valence-corrected chi connectivity index (χ4v) is 1.52. The lowest BCUT2D eigenvalue weighted by Gasteiger charge is -2.13. The number of nitrogens with one attached hydrogen (secondary N) is 1. The lowest BCUT2D eigenvalue weighted by atomic mass is 10.1. The topological polar surface area (TPSA) is 68.0 Å². The molecule has 1 atom stereocenters. The van der Waals surface area contributed by atoms with Crippen LogP contribution in [0.2, 0.25) is 5.15 Å². The molecule has 0 aliphatic heterocycles. The third-order valence-corrected chi connectivity index (χ3v) is 2.44. The van der Waals surface area contributed by atoms with Crippen LogP contribution in [0.5, 0.6) is 0 Å². The normalized spacial score (nSPS) is 11.6. The van der Waals surface area contributed by atoms with Gasteiger partial charge in [0, 0.05) is 0 Å². The Morgan fingerprint density at radius 2 is 2.47 bits per heavy atom. The van der Waals surface area contributed by atoms with Crippen LogP contribution < -0.4 is 11.1 Å². The molecule has 1 unspecified atom stereocenters. The first kappa shape index (κ1) is 13.3. The maximum atomic E-state index is 11.9. The third kappa shape index (κ3) is 3.65. The summed E-state index contributed by atoms with van der Waals surface area (Å²) in [7, 11) is 0. The highest BCUT2D eigenvalue weighted by atomic mass is 35.5. The predicted molar refractivity (Wildman–Crippen MR) is 68.7 cm³/mol. The van der Waals surface area contributed by atoms with E-state index in [2.05, 4.69) is 16.2 Å². The number of halogens is 1. The minimum absolute atomic E-state index is 0.220. The highest BCUT2D eigenvalue weighted by molar-refractivity contribution is 6.29. The van der Waals surface area contributed by atoms with Crippen LogP contribution in [0.3, 0.4) is 0 Å². The van der Waals surface area contributed by atoms with Gasteiger partial charge in [-0.1, -0.05) is 30.9 Å². The van der Waals surface area contributed by atoms with Crippen LogP contribution in [0.25, 0.3) is 0 Å². The van der Waals surface area contributed by atoms with E-state index >= 15 is 0 Å². The number of nitrogens with two attached hydrogens (primary N) is 1. The van der Waals surface area contributed by atoms with Gasteiger partial charge in [-0.3, -0.25) is 4.79 Å². The van der Waals surface area contributed by atoms with Crippen LogP contribution in [-0.2, 0) is 0 Å². The number of carbonyl (C=O) groups excluding carboxylic acids is 1. The molecule has 3 N–H and O–H groups in total. The van der Waals surface area contributed by atoms with Crippen molar-refractivity contribution in [2.45, 2.75) is 25.8 Å². The van der Waals surface area contributed by atoms with E-state index in [0.717, 1.165) is 12.8 Å². The average Bonchev–Trinajstić information content (AvgIpc) is 2.31. The van der Waals surface area contributed by atoms with Gasteiger partial charge < -0.3 is 11.1 Å². The molecule has 5 heteroatoms. The Morgan fingerprint density at radius 1 is 1.76 bits per heavy atom. The standard InChI is InChI=1S/C12H14ClN3O/c1-3-5-8(4-2)16-12(17)9-6-11(13)15-7-10(9)14/h2,6-8H,3,5,14H2,1H3,(H,16,17). The van der Waals surface area contributed by atoms with Crippen molar-refractivity contribution in [1.29, 1.82) is 0 Å². The number of hydrogen-bond donors (Lipinski definition) is 2. The monoisotopic (exact) mass is 251 g/mol. The number of aromatic nitrogens is 1. The molecule has 0 fully saturated rings. The fraction of sp³-hybridized carbons (Fsp3) is 0.333. The highest BCUT2D eigenvalue weighted by Gasteiger charge is 2.14. The van der Waals surface area contributed by atoms with E-state index in [1.54, 1.807) is 0 Å². The van der Waals surface area contributed by atoms with Crippen molar-refractivity contribution in [3.63, 3.8) is 0 Å². The number of carbonyl (C=O) groups is 1. The van der Waals surface area contributed by atoms with Crippen molar-refractivity contribution in [2.24, 2.45) is 0 Å². The first-order valence-corrected chi connectivity index (χ1v) is 5.64. The number of amides is 1. The van der Waals surface area contributed by atoms with Crippen LogP contribution in [0.1, 0.15) is 30.1 Å². The summed E-state index contributed by atoms with van der Waals surface area (Å²) in [4.78, 5) is 15.7. The van der Waals surface area contributed by atoms with Crippen molar-refractivity contribution >= 4 is 23.2 Å². The molecule has 0 aliphatic carbocycles. The quantitative estimate of drug-likeness (QED) is 0.634. The molecule has 0 saturated carbocycles. The molecule has 17 heavy (non-hydrogen) atoms. The first-order chi connectivity index (χ1) is 8.08. The summed E-state index contributed by atoms with van der Waals surface area (Å²) >= 11 is 5.71. The maximum absolute atomic E-state index is 11.9. The van der Waals surface area contributed by atoms with Crippen molar-refractivity contribution in [3.05, 3.63) is 23.0 Å². The zero-order valence-corrected chi connectivity index (χ0v) is 10.3. The molecule has 0 bridgehead atoms. The molecule has 1 aromatic rings. The summed E-state index contributed by atoms with van der Waals surface area (Å²) in [5.74, 6) is 2.19. The molecule has 1 aromatic heterocycles. The molecule has 0 aromatic carbocycles. The number of hydrogen-bond acceptors (Lipinski definition) is 3. The Balaban J connectivity index is 2.83. The Morgan fingerprint density at radius 3 is 3.06 bits per heavy atom. The molecule has 1 amide bonds. The van der Waals surface area contributed by atoms with E-state index in [4.69, 9.17) is 23.8 Å². The van der Waals surface area contributed by atoms with Gasteiger partial charge in [0.2, 0.25) is 0 Å². The molecular weight excluding hydrogens is 238 g/mol. The van der Waals surface area contributed by atoms with Gasteiger partial charge in [-0.25, -0.2) is 4.98 Å². The Labute approximate surface area is 106 Å². The fourth-order valence-electron chi connectivity index (χ4n) is 1.36. The van der Waals surface area contributed by atoms with Gasteiger partial charge in [0.25, 0.3) is 5.91 Å². The molecule has 1 heterocycles. The van der Waals surface area contributed by atoms with E-state index in [1.165, 1.54) is 12.3 Å². The Kier molecular flexibility index (Phi) is 4.80. The molecular formula is C12H14ClN3O. The van der Waals surface area contributed by atoms with Gasteiger partial charge in [-0.15, -0.1) is 6.42 Å². The van der Waals surface area contributed by atoms with Crippen molar-refractivity contribution in [2.75, 3.05) is 5.73 Å². The van der Waals surface area contributed by atoms with Crippen LogP contribution >= 0.6 is 11.6 Å². The van der Waals surface area contributed by atoms with Crippen LogP contribution in [0.15, 0.2) is 12.3 Å². The van der Waals surface area contributed by atoms with E-state index in [-0.39, 0.29) is 22.8 Å². The second-order valence-corrected chi connectivity index (χ2v) is 3.96. The van der Waals surface area contributed by atoms with Gasteiger partial charge in [-0.2, -0.15) is 0 Å². The second-order valence-electron chi connectivity index (χ2n) is 3.58. The average molecular weight is 252 g/mol. The minimum atomic E-state index is -0.330. The SMILES string of the molecule is C#CC(CCC)NC(=O)c1cc(Cl)ncc1N. The smallest absolute Gasteiger partial charge is 0.254 e. The van der Waals surface area contributed by atoms with Crippen LogP contribution in [0, 0.1) is 12.3 Å². The van der Waals surface area contributed by atoms with Gasteiger partial charge in [0.1, 0.15) is 5.15 Å². The van der Waals surface area contributed by atoms with Crippen LogP contribution in [0.4, 0.5) is 5.69 Å². The molecule has 4 nitrogen and oxygen atoms in total. The number of nitrogens with zero attached hydrogens (tertiary/aromatic N) is 1. The molecule has 0 aliphatic rings. The molecule has 90 valence electrons. The van der Waals surface area contributed by atoms with Gasteiger partial charge in [-0.05, 0) is 12.5 Å². The largest absolute Gasteiger partial charge is 0.397 e. The predicted octanol–water partition coefficient (Wildman–Crippen LogP) is 1.85. The summed E-state index contributed by atoms with van der Waals surface area (Å²) in [5.41, 5.74) is 6.22. The van der Waals surface area contributed by atoms with Crippen molar-refractivity contribution in [3.8, 4) is 12.3 Å². The molecule has 0 radical (unpaired) electrons. The van der Waals surface area contributed by atoms with E-state index < -0.39 is 0 Å². The van der Waals surface area contributed by atoms with Crippen molar-refractivity contribution in [1.82, 2.24) is 10.3 Å². The molecule has 1 rings (SSSR count).